The molecule has 0 N–H and O–H groups in total. The van der Waals surface area contributed by atoms with Gasteiger partial charge >= 0.3 is 0 Å². The van der Waals surface area contributed by atoms with Crippen LogP contribution in [0, 0.1) is 0 Å². The van der Waals surface area contributed by atoms with Crippen molar-refractivity contribution in [2.45, 2.75) is 18.4 Å². The molecule has 1 aliphatic rings. The van der Waals surface area contributed by atoms with Crippen molar-refractivity contribution in [3.8, 4) is 5.75 Å². The number of benzene rings is 2. The Labute approximate surface area is 134 Å². The average molecular weight is 347 g/mol. The van der Waals surface area contributed by atoms with Crippen molar-refractivity contribution >= 4 is 15.9 Å². The third-order valence-corrected chi connectivity index (χ3v) is 4.66. The van der Waals surface area contributed by atoms with E-state index in [1.165, 1.54) is 16.7 Å². The highest BCUT2D eigenvalue weighted by Crippen LogP contribution is 2.38. The van der Waals surface area contributed by atoms with Gasteiger partial charge in [-0.05, 0) is 23.6 Å². The second-order valence-electron chi connectivity index (χ2n) is 5.32. The zero-order valence-electron chi connectivity index (χ0n) is 12.1. The summed E-state index contributed by atoms with van der Waals surface area (Å²) in [7, 11) is 1.72. The summed E-state index contributed by atoms with van der Waals surface area (Å²) in [5.74, 6) is 1.31. The zero-order chi connectivity index (χ0) is 14.7. The first kappa shape index (κ1) is 14.6. The van der Waals surface area contributed by atoms with Gasteiger partial charge in [-0.2, -0.15) is 0 Å². The molecular weight excluding hydrogens is 328 g/mol. The summed E-state index contributed by atoms with van der Waals surface area (Å²) in [6.07, 6.45) is 1.03. The number of fused-ring (bicyclic) bond motifs is 1. The maximum absolute atomic E-state index is 6.16. The molecule has 3 heteroatoms. The van der Waals surface area contributed by atoms with Crippen LogP contribution in [-0.2, 0) is 11.2 Å². The first-order chi connectivity index (χ1) is 10.3. The minimum atomic E-state index is 0.0462. The highest BCUT2D eigenvalue weighted by Gasteiger charge is 2.27. The Morgan fingerprint density at radius 1 is 1.14 bits per heavy atom. The predicted octanol–water partition coefficient (Wildman–Crippen LogP) is 4.49. The summed E-state index contributed by atoms with van der Waals surface area (Å²) in [5.41, 5.74) is 3.85. The minimum Gasteiger partial charge on any atom is -0.496 e. The molecule has 2 aromatic rings. The van der Waals surface area contributed by atoms with E-state index in [9.17, 15) is 0 Å². The molecular formula is C18H19BrO2. The molecule has 2 nitrogen and oxygen atoms in total. The molecule has 0 aliphatic carbocycles. The summed E-state index contributed by atoms with van der Waals surface area (Å²) in [6, 6.07) is 16.9. The van der Waals surface area contributed by atoms with Gasteiger partial charge in [-0.1, -0.05) is 58.4 Å². The molecule has 0 saturated heterocycles. The van der Waals surface area contributed by atoms with Gasteiger partial charge in [0.15, 0.2) is 0 Å². The largest absolute Gasteiger partial charge is 0.496 e. The van der Waals surface area contributed by atoms with Crippen LogP contribution in [0.1, 0.15) is 28.7 Å². The smallest absolute Gasteiger partial charge is 0.124 e. The zero-order valence-corrected chi connectivity index (χ0v) is 13.7. The van der Waals surface area contributed by atoms with E-state index in [0.717, 1.165) is 24.1 Å². The van der Waals surface area contributed by atoms with Crippen molar-refractivity contribution in [1.82, 2.24) is 0 Å². The van der Waals surface area contributed by atoms with Crippen LogP contribution in [-0.4, -0.2) is 19.0 Å². The molecule has 0 saturated carbocycles. The van der Waals surface area contributed by atoms with Gasteiger partial charge in [-0.25, -0.2) is 0 Å². The number of methoxy groups -OCH3 is 1. The third-order valence-electron chi connectivity index (χ3n) is 4.07. The second kappa shape index (κ2) is 6.63. The number of halogens is 1. The fourth-order valence-electron chi connectivity index (χ4n) is 3.01. The molecule has 0 amide bonds. The second-order valence-corrected chi connectivity index (χ2v) is 5.97. The van der Waals surface area contributed by atoms with Gasteiger partial charge < -0.3 is 9.47 Å². The highest BCUT2D eigenvalue weighted by molar-refractivity contribution is 9.09. The van der Waals surface area contributed by atoms with Crippen LogP contribution in [0.25, 0.3) is 0 Å². The van der Waals surface area contributed by atoms with Crippen molar-refractivity contribution in [3.63, 3.8) is 0 Å². The van der Waals surface area contributed by atoms with E-state index < -0.39 is 0 Å². The summed E-state index contributed by atoms with van der Waals surface area (Å²) >= 11 is 3.57. The molecule has 21 heavy (non-hydrogen) atoms. The summed E-state index contributed by atoms with van der Waals surface area (Å²) in [5, 5.41) is 0.780. The summed E-state index contributed by atoms with van der Waals surface area (Å²) in [4.78, 5) is 0. The molecule has 2 atom stereocenters. The topological polar surface area (TPSA) is 18.5 Å². The normalized spacial score (nSPS) is 21.4. The number of hydrogen-bond acceptors (Lipinski definition) is 2. The fourth-order valence-corrected chi connectivity index (χ4v) is 3.52. The van der Waals surface area contributed by atoms with Crippen molar-refractivity contribution in [2.75, 3.05) is 19.0 Å². The Hall–Kier alpha value is -1.32. The molecule has 1 aliphatic heterocycles. The van der Waals surface area contributed by atoms with Gasteiger partial charge in [-0.3, -0.25) is 0 Å². The number of hydrogen-bond donors (Lipinski definition) is 0. The average Bonchev–Trinajstić information content (AvgIpc) is 2.74. The van der Waals surface area contributed by atoms with Crippen molar-refractivity contribution in [2.24, 2.45) is 0 Å². The maximum atomic E-state index is 6.16. The van der Waals surface area contributed by atoms with E-state index in [-0.39, 0.29) is 6.10 Å². The first-order valence-corrected chi connectivity index (χ1v) is 8.34. The minimum absolute atomic E-state index is 0.0462. The lowest BCUT2D eigenvalue weighted by atomic mass is 9.90. The number of alkyl halides is 1. The Morgan fingerprint density at radius 3 is 2.67 bits per heavy atom. The maximum Gasteiger partial charge on any atom is 0.124 e. The van der Waals surface area contributed by atoms with E-state index >= 15 is 0 Å². The Balaban J connectivity index is 2.00. The van der Waals surface area contributed by atoms with Crippen molar-refractivity contribution in [1.29, 1.82) is 0 Å². The van der Waals surface area contributed by atoms with Crippen molar-refractivity contribution < 1.29 is 9.47 Å². The standard InChI is InChI=1S/C18H19BrO2/c1-20-16-9-5-8-14-10-15(13-6-3-2-4-7-13)12-21-17(11-19)18(14)16/h2-9,15,17H,10-12H2,1H3. The molecule has 1 heterocycles. The lowest BCUT2D eigenvalue weighted by Crippen LogP contribution is -2.10. The highest BCUT2D eigenvalue weighted by atomic mass is 79.9. The van der Waals surface area contributed by atoms with E-state index in [1.807, 2.05) is 6.07 Å². The number of ether oxygens (including phenoxy) is 2. The SMILES string of the molecule is COc1cccc2c1C(CBr)OCC(c1ccccc1)C2. The van der Waals surface area contributed by atoms with Crippen LogP contribution in [0.3, 0.4) is 0 Å². The number of rotatable bonds is 3. The van der Waals surface area contributed by atoms with Gasteiger partial charge in [0.05, 0.1) is 19.8 Å². The van der Waals surface area contributed by atoms with E-state index in [0.29, 0.717) is 5.92 Å². The van der Waals surface area contributed by atoms with Gasteiger partial charge in [-0.15, -0.1) is 0 Å². The van der Waals surface area contributed by atoms with Crippen LogP contribution >= 0.6 is 15.9 Å². The van der Waals surface area contributed by atoms with Crippen LogP contribution in [0.4, 0.5) is 0 Å². The summed E-state index contributed by atoms with van der Waals surface area (Å²) < 4.78 is 11.7. The molecule has 0 aromatic heterocycles. The van der Waals surface area contributed by atoms with Crippen LogP contribution < -0.4 is 4.74 Å². The van der Waals surface area contributed by atoms with Crippen molar-refractivity contribution in [3.05, 3.63) is 65.2 Å². The Morgan fingerprint density at radius 2 is 1.95 bits per heavy atom. The molecule has 3 rings (SSSR count). The van der Waals surface area contributed by atoms with Gasteiger partial charge in [0.25, 0.3) is 0 Å². The monoisotopic (exact) mass is 346 g/mol. The van der Waals surface area contributed by atoms with E-state index in [4.69, 9.17) is 9.47 Å². The Kier molecular flexibility index (Phi) is 4.61. The quantitative estimate of drug-likeness (QED) is 0.762. The predicted molar refractivity (Wildman–Crippen MR) is 88.4 cm³/mol. The molecule has 110 valence electrons. The molecule has 0 spiro atoms. The molecule has 2 aromatic carbocycles. The van der Waals surface area contributed by atoms with Gasteiger partial charge in [0.1, 0.15) is 5.75 Å². The lowest BCUT2D eigenvalue weighted by molar-refractivity contribution is 0.0637. The van der Waals surface area contributed by atoms with Gasteiger partial charge in [0, 0.05) is 16.8 Å². The lowest BCUT2D eigenvalue weighted by Gasteiger charge is -2.18. The molecule has 0 fully saturated rings. The van der Waals surface area contributed by atoms with Crippen LogP contribution in [0.2, 0.25) is 0 Å². The Bertz CT molecular complexity index is 597. The van der Waals surface area contributed by atoms with Crippen LogP contribution in [0.5, 0.6) is 5.75 Å². The molecule has 2 unspecified atom stereocenters. The van der Waals surface area contributed by atoms with E-state index in [2.05, 4.69) is 58.4 Å². The molecule has 0 radical (unpaired) electrons. The van der Waals surface area contributed by atoms with E-state index in [1.54, 1.807) is 7.11 Å². The van der Waals surface area contributed by atoms with Crippen LogP contribution in [0.15, 0.2) is 48.5 Å². The fraction of sp³-hybridized carbons (Fsp3) is 0.333. The summed E-state index contributed by atoms with van der Waals surface area (Å²) in [6.45, 7) is 0.734. The first-order valence-electron chi connectivity index (χ1n) is 7.21. The molecule has 0 bridgehead atoms. The van der Waals surface area contributed by atoms with Gasteiger partial charge in [0.2, 0.25) is 0 Å². The third kappa shape index (κ3) is 2.99.